The molecular weight excluding hydrogens is 283 g/mol. The molecular formula is C17H17FN2O2. The number of aromatic nitrogens is 1. The minimum absolute atomic E-state index is 0.0857. The number of rotatable bonds is 3. The van der Waals surface area contributed by atoms with E-state index in [1.165, 1.54) is 6.07 Å². The van der Waals surface area contributed by atoms with Crippen molar-refractivity contribution in [1.29, 1.82) is 0 Å². The van der Waals surface area contributed by atoms with Gasteiger partial charge in [-0.1, -0.05) is 6.07 Å². The fraction of sp³-hybridized carbons (Fsp3) is 0.294. The molecule has 1 amide bonds. The Bertz CT molecular complexity index is 712. The molecule has 2 aromatic rings. The Labute approximate surface area is 128 Å². The Balaban J connectivity index is 1.82. The van der Waals surface area contributed by atoms with Crippen LogP contribution in [0.15, 0.2) is 36.7 Å². The van der Waals surface area contributed by atoms with Crippen LogP contribution in [0.3, 0.4) is 0 Å². The number of carbonyl (C=O) groups excluding carboxylic acids is 1. The quantitative estimate of drug-likeness (QED) is 0.916. The highest BCUT2D eigenvalue weighted by Gasteiger charge is 2.33. The number of aliphatic hydroxyl groups excluding tert-OH is 1. The van der Waals surface area contributed by atoms with Crippen LogP contribution >= 0.6 is 0 Å². The largest absolute Gasteiger partial charge is 0.393 e. The normalized spacial score (nSPS) is 20.3. The lowest BCUT2D eigenvalue weighted by Gasteiger charge is -2.30. The van der Waals surface area contributed by atoms with Gasteiger partial charge in [-0.05, 0) is 49.1 Å². The van der Waals surface area contributed by atoms with Crippen molar-refractivity contribution in [2.24, 2.45) is 5.92 Å². The summed E-state index contributed by atoms with van der Waals surface area (Å²) in [5, 5.41) is 12.1. The summed E-state index contributed by atoms with van der Waals surface area (Å²) in [5.74, 6) is -0.608. The lowest BCUT2D eigenvalue weighted by molar-refractivity contribution is -0.126. The average molecular weight is 300 g/mol. The van der Waals surface area contributed by atoms with Gasteiger partial charge in [0.15, 0.2) is 0 Å². The number of aliphatic hydroxyl groups is 1. The predicted molar refractivity (Wildman–Crippen MR) is 81.7 cm³/mol. The molecule has 1 aromatic carbocycles. The summed E-state index contributed by atoms with van der Waals surface area (Å²) < 4.78 is 13.3. The first-order valence-electron chi connectivity index (χ1n) is 7.23. The number of nitrogens with zero attached hydrogens (tertiary/aromatic N) is 1. The number of amides is 1. The van der Waals surface area contributed by atoms with Crippen LogP contribution in [0.1, 0.15) is 18.4 Å². The second-order valence-electron chi connectivity index (χ2n) is 5.73. The number of carbonyl (C=O) groups is 1. The number of nitrogens with one attached hydrogen (secondary N) is 1. The van der Waals surface area contributed by atoms with Crippen LogP contribution in [0.25, 0.3) is 11.1 Å². The summed E-state index contributed by atoms with van der Waals surface area (Å²) in [6.07, 6.45) is 3.42. The van der Waals surface area contributed by atoms with Gasteiger partial charge in [0.25, 0.3) is 0 Å². The van der Waals surface area contributed by atoms with Gasteiger partial charge in [0.2, 0.25) is 5.91 Å². The summed E-state index contributed by atoms with van der Waals surface area (Å²) in [5.41, 5.74) is 3.15. The number of aryl methyl sites for hydroxylation is 1. The SMILES string of the molecule is Cc1ccc(NC(=O)C2CC(O)C2)cc1-c1cncc(F)c1. The van der Waals surface area contributed by atoms with Gasteiger partial charge in [0.1, 0.15) is 5.82 Å². The summed E-state index contributed by atoms with van der Waals surface area (Å²) in [7, 11) is 0. The van der Waals surface area contributed by atoms with E-state index in [0.717, 1.165) is 17.3 Å². The maximum Gasteiger partial charge on any atom is 0.227 e. The first-order valence-corrected chi connectivity index (χ1v) is 7.23. The van der Waals surface area contributed by atoms with Crippen LogP contribution in [0.5, 0.6) is 0 Å². The number of halogens is 1. The highest BCUT2D eigenvalue weighted by atomic mass is 19.1. The van der Waals surface area contributed by atoms with Crippen LogP contribution in [-0.4, -0.2) is 22.1 Å². The molecule has 4 nitrogen and oxygen atoms in total. The lowest BCUT2D eigenvalue weighted by Crippen LogP contribution is -2.37. The van der Waals surface area contributed by atoms with Crippen molar-refractivity contribution in [3.63, 3.8) is 0 Å². The molecule has 5 heteroatoms. The van der Waals surface area contributed by atoms with Gasteiger partial charge in [0.05, 0.1) is 12.3 Å². The van der Waals surface area contributed by atoms with Crippen molar-refractivity contribution in [3.05, 3.63) is 48.0 Å². The zero-order valence-electron chi connectivity index (χ0n) is 12.2. The highest BCUT2D eigenvalue weighted by molar-refractivity contribution is 5.94. The van der Waals surface area contributed by atoms with E-state index in [-0.39, 0.29) is 17.9 Å². The van der Waals surface area contributed by atoms with Crippen molar-refractivity contribution in [2.75, 3.05) is 5.32 Å². The number of hydrogen-bond donors (Lipinski definition) is 2. The van der Waals surface area contributed by atoms with Crippen LogP contribution < -0.4 is 5.32 Å². The Morgan fingerprint density at radius 1 is 1.32 bits per heavy atom. The molecule has 2 N–H and O–H groups in total. The van der Waals surface area contributed by atoms with Gasteiger partial charge in [-0.3, -0.25) is 9.78 Å². The molecule has 1 fully saturated rings. The zero-order chi connectivity index (χ0) is 15.7. The first kappa shape index (κ1) is 14.7. The van der Waals surface area contributed by atoms with Crippen molar-refractivity contribution >= 4 is 11.6 Å². The Hall–Kier alpha value is -2.27. The summed E-state index contributed by atoms with van der Waals surface area (Å²) in [4.78, 5) is 15.9. The average Bonchev–Trinajstić information content (AvgIpc) is 2.46. The maximum absolute atomic E-state index is 13.3. The zero-order valence-corrected chi connectivity index (χ0v) is 12.2. The van der Waals surface area contributed by atoms with Crippen molar-refractivity contribution in [3.8, 4) is 11.1 Å². The van der Waals surface area contributed by atoms with Crippen molar-refractivity contribution in [1.82, 2.24) is 4.98 Å². The maximum atomic E-state index is 13.3. The number of benzene rings is 1. The topological polar surface area (TPSA) is 62.2 Å². The number of hydrogen-bond acceptors (Lipinski definition) is 3. The van der Waals surface area contributed by atoms with Crippen LogP contribution in [0, 0.1) is 18.7 Å². The molecule has 0 aliphatic heterocycles. The second kappa shape index (κ2) is 5.85. The first-order chi connectivity index (χ1) is 10.5. The summed E-state index contributed by atoms with van der Waals surface area (Å²) in [6, 6.07) is 6.94. The standard InChI is InChI=1S/C17H17FN2O2/c1-10-2-3-14(20-17(22)11-5-15(21)6-11)7-16(10)12-4-13(18)9-19-8-12/h2-4,7-9,11,15,21H,5-6H2,1H3,(H,20,22). The fourth-order valence-electron chi connectivity index (χ4n) is 2.62. The minimum atomic E-state index is -0.394. The van der Waals surface area contributed by atoms with E-state index >= 15 is 0 Å². The number of pyridine rings is 1. The van der Waals surface area contributed by atoms with Crippen LogP contribution in [-0.2, 0) is 4.79 Å². The minimum Gasteiger partial charge on any atom is -0.393 e. The lowest BCUT2D eigenvalue weighted by atomic mass is 9.82. The van der Waals surface area contributed by atoms with Crippen molar-refractivity contribution in [2.45, 2.75) is 25.9 Å². The van der Waals surface area contributed by atoms with Gasteiger partial charge in [-0.15, -0.1) is 0 Å². The summed E-state index contributed by atoms with van der Waals surface area (Å²) in [6.45, 7) is 1.92. The molecule has 1 aliphatic rings. The molecule has 114 valence electrons. The molecule has 22 heavy (non-hydrogen) atoms. The molecule has 3 rings (SSSR count). The molecule has 0 radical (unpaired) electrons. The van der Waals surface area contributed by atoms with E-state index in [2.05, 4.69) is 10.3 Å². The van der Waals surface area contributed by atoms with E-state index in [1.54, 1.807) is 6.20 Å². The van der Waals surface area contributed by atoms with E-state index in [0.29, 0.717) is 24.1 Å². The van der Waals surface area contributed by atoms with Crippen molar-refractivity contribution < 1.29 is 14.3 Å². The molecule has 0 spiro atoms. The highest BCUT2D eigenvalue weighted by Crippen LogP contribution is 2.30. The predicted octanol–water partition coefficient (Wildman–Crippen LogP) is 2.91. The Kier molecular flexibility index (Phi) is 3.90. The smallest absolute Gasteiger partial charge is 0.227 e. The molecule has 1 saturated carbocycles. The molecule has 0 atom stereocenters. The molecule has 0 saturated heterocycles. The van der Waals surface area contributed by atoms with E-state index in [9.17, 15) is 14.3 Å². The molecule has 0 bridgehead atoms. The van der Waals surface area contributed by atoms with Crippen LogP contribution in [0.4, 0.5) is 10.1 Å². The molecule has 0 unspecified atom stereocenters. The van der Waals surface area contributed by atoms with Gasteiger partial charge in [0, 0.05) is 23.4 Å². The molecule has 1 aliphatic carbocycles. The Morgan fingerprint density at radius 2 is 2.09 bits per heavy atom. The van der Waals surface area contributed by atoms with Crippen LogP contribution in [0.2, 0.25) is 0 Å². The second-order valence-corrected chi connectivity index (χ2v) is 5.73. The third kappa shape index (κ3) is 2.99. The van der Waals surface area contributed by atoms with E-state index in [1.807, 2.05) is 25.1 Å². The number of anilines is 1. The molecule has 1 aromatic heterocycles. The fourth-order valence-corrected chi connectivity index (χ4v) is 2.62. The van der Waals surface area contributed by atoms with E-state index in [4.69, 9.17) is 0 Å². The Morgan fingerprint density at radius 3 is 2.77 bits per heavy atom. The monoisotopic (exact) mass is 300 g/mol. The van der Waals surface area contributed by atoms with Gasteiger partial charge in [-0.2, -0.15) is 0 Å². The molecule has 1 heterocycles. The third-order valence-corrected chi connectivity index (χ3v) is 4.00. The summed E-state index contributed by atoms with van der Waals surface area (Å²) >= 11 is 0. The third-order valence-electron chi connectivity index (χ3n) is 4.00. The van der Waals surface area contributed by atoms with E-state index < -0.39 is 5.82 Å². The van der Waals surface area contributed by atoms with Gasteiger partial charge in [-0.25, -0.2) is 4.39 Å². The van der Waals surface area contributed by atoms with Gasteiger partial charge >= 0.3 is 0 Å². The van der Waals surface area contributed by atoms with Gasteiger partial charge < -0.3 is 10.4 Å².